The van der Waals surface area contributed by atoms with Crippen LogP contribution in [-0.4, -0.2) is 22.1 Å². The smallest absolute Gasteiger partial charge is 0.165 e. The lowest BCUT2D eigenvalue weighted by Gasteiger charge is -2.09. The first-order valence-electron chi connectivity index (χ1n) is 6.12. The number of nitrogens with one attached hydrogen (secondary N) is 1. The molecule has 20 heavy (non-hydrogen) atoms. The van der Waals surface area contributed by atoms with Crippen LogP contribution < -0.4 is 5.32 Å². The standard InChI is InChI=1S/C15H12FN3O/c1-17-14-11-8-9(16)6-7-12(11)18-15(19-14)10-4-2-3-5-13(10)20/h2-8,20H,1H3,(H,17,18,19). The van der Waals surface area contributed by atoms with Gasteiger partial charge < -0.3 is 10.4 Å². The third kappa shape index (κ3) is 2.03. The average Bonchev–Trinajstić information content (AvgIpc) is 2.46. The lowest BCUT2D eigenvalue weighted by molar-refractivity contribution is 0.477. The largest absolute Gasteiger partial charge is 0.507 e. The Morgan fingerprint density at radius 3 is 2.65 bits per heavy atom. The molecule has 4 nitrogen and oxygen atoms in total. The molecule has 5 heteroatoms. The molecule has 3 rings (SSSR count). The molecule has 0 fully saturated rings. The van der Waals surface area contributed by atoms with Crippen molar-refractivity contribution in [2.45, 2.75) is 0 Å². The molecule has 1 aromatic heterocycles. The van der Waals surface area contributed by atoms with Gasteiger partial charge in [-0.05, 0) is 30.3 Å². The molecule has 0 unspecified atom stereocenters. The molecule has 0 aliphatic carbocycles. The Bertz CT molecular complexity index is 789. The first kappa shape index (κ1) is 12.3. The predicted molar refractivity (Wildman–Crippen MR) is 76.1 cm³/mol. The minimum Gasteiger partial charge on any atom is -0.507 e. The molecule has 0 atom stereocenters. The molecule has 0 radical (unpaired) electrons. The number of rotatable bonds is 2. The van der Waals surface area contributed by atoms with Gasteiger partial charge in [0.2, 0.25) is 0 Å². The zero-order valence-electron chi connectivity index (χ0n) is 10.8. The maximum atomic E-state index is 13.3. The molecule has 2 N–H and O–H groups in total. The number of hydrogen-bond donors (Lipinski definition) is 2. The zero-order valence-corrected chi connectivity index (χ0v) is 10.8. The summed E-state index contributed by atoms with van der Waals surface area (Å²) < 4.78 is 13.3. The topological polar surface area (TPSA) is 58.0 Å². The fourth-order valence-electron chi connectivity index (χ4n) is 2.07. The van der Waals surface area contributed by atoms with E-state index in [2.05, 4.69) is 15.3 Å². The summed E-state index contributed by atoms with van der Waals surface area (Å²) in [5, 5.41) is 13.4. The number of hydrogen-bond acceptors (Lipinski definition) is 4. The fraction of sp³-hybridized carbons (Fsp3) is 0.0667. The van der Waals surface area contributed by atoms with Gasteiger partial charge in [0.15, 0.2) is 5.82 Å². The molecule has 0 bridgehead atoms. The van der Waals surface area contributed by atoms with Crippen LogP contribution in [0.4, 0.5) is 10.2 Å². The highest BCUT2D eigenvalue weighted by Crippen LogP contribution is 2.29. The van der Waals surface area contributed by atoms with E-state index in [1.165, 1.54) is 12.1 Å². The summed E-state index contributed by atoms with van der Waals surface area (Å²) in [6.07, 6.45) is 0. The molecule has 0 amide bonds. The molecular formula is C15H12FN3O. The molecule has 0 aliphatic heterocycles. The van der Waals surface area contributed by atoms with Crippen LogP contribution in [0.3, 0.4) is 0 Å². The van der Waals surface area contributed by atoms with Crippen LogP contribution in [0.2, 0.25) is 0 Å². The summed E-state index contributed by atoms with van der Waals surface area (Å²) in [7, 11) is 1.71. The van der Waals surface area contributed by atoms with Gasteiger partial charge in [-0.25, -0.2) is 14.4 Å². The quantitative estimate of drug-likeness (QED) is 0.750. The van der Waals surface area contributed by atoms with Gasteiger partial charge >= 0.3 is 0 Å². The van der Waals surface area contributed by atoms with Gasteiger partial charge in [-0.3, -0.25) is 0 Å². The van der Waals surface area contributed by atoms with Crippen LogP contribution in [-0.2, 0) is 0 Å². The predicted octanol–water partition coefficient (Wildman–Crippen LogP) is 3.18. The highest BCUT2D eigenvalue weighted by atomic mass is 19.1. The third-order valence-corrected chi connectivity index (χ3v) is 3.04. The Morgan fingerprint density at radius 2 is 1.90 bits per heavy atom. The Labute approximate surface area is 114 Å². The number of para-hydroxylation sites is 1. The van der Waals surface area contributed by atoms with Crippen LogP contribution in [0.15, 0.2) is 42.5 Å². The summed E-state index contributed by atoms with van der Waals surface area (Å²) in [5.74, 6) is 0.684. The van der Waals surface area contributed by atoms with E-state index >= 15 is 0 Å². The number of phenolic OH excluding ortho intramolecular Hbond substituents is 1. The Kier molecular flexibility index (Phi) is 2.95. The van der Waals surface area contributed by atoms with Crippen molar-refractivity contribution in [3.05, 3.63) is 48.3 Å². The van der Waals surface area contributed by atoms with Crippen molar-refractivity contribution < 1.29 is 9.50 Å². The molecule has 0 saturated carbocycles. The Balaban J connectivity index is 2.29. The van der Waals surface area contributed by atoms with E-state index in [1.54, 1.807) is 37.4 Å². The lowest BCUT2D eigenvalue weighted by atomic mass is 10.1. The van der Waals surface area contributed by atoms with Crippen molar-refractivity contribution in [3.63, 3.8) is 0 Å². The monoisotopic (exact) mass is 269 g/mol. The first-order valence-corrected chi connectivity index (χ1v) is 6.12. The lowest BCUT2D eigenvalue weighted by Crippen LogP contribution is -1.99. The van der Waals surface area contributed by atoms with E-state index in [0.717, 1.165) is 0 Å². The van der Waals surface area contributed by atoms with Crippen molar-refractivity contribution in [1.82, 2.24) is 9.97 Å². The molecule has 3 aromatic rings. The minimum atomic E-state index is -0.340. The second-order valence-corrected chi connectivity index (χ2v) is 4.32. The maximum absolute atomic E-state index is 13.3. The average molecular weight is 269 g/mol. The Hall–Kier alpha value is -2.69. The van der Waals surface area contributed by atoms with Crippen LogP contribution in [0.1, 0.15) is 0 Å². The highest BCUT2D eigenvalue weighted by molar-refractivity contribution is 5.90. The van der Waals surface area contributed by atoms with Gasteiger partial charge in [-0.15, -0.1) is 0 Å². The maximum Gasteiger partial charge on any atom is 0.165 e. The van der Waals surface area contributed by atoms with Crippen molar-refractivity contribution in [2.24, 2.45) is 0 Å². The van der Waals surface area contributed by atoms with E-state index in [0.29, 0.717) is 28.1 Å². The number of halogens is 1. The molecule has 2 aromatic carbocycles. The van der Waals surface area contributed by atoms with Gasteiger partial charge in [-0.1, -0.05) is 12.1 Å². The second kappa shape index (κ2) is 4.77. The summed E-state index contributed by atoms with van der Waals surface area (Å²) in [6.45, 7) is 0. The van der Waals surface area contributed by atoms with E-state index in [4.69, 9.17) is 0 Å². The van der Waals surface area contributed by atoms with Crippen LogP contribution >= 0.6 is 0 Å². The van der Waals surface area contributed by atoms with Gasteiger partial charge in [-0.2, -0.15) is 0 Å². The number of aromatic hydroxyl groups is 1. The van der Waals surface area contributed by atoms with Gasteiger partial charge in [0, 0.05) is 12.4 Å². The zero-order chi connectivity index (χ0) is 14.1. The number of aromatic nitrogens is 2. The van der Waals surface area contributed by atoms with Crippen LogP contribution in [0.25, 0.3) is 22.3 Å². The number of nitrogens with zero attached hydrogens (tertiary/aromatic N) is 2. The van der Waals surface area contributed by atoms with Crippen molar-refractivity contribution in [1.29, 1.82) is 0 Å². The summed E-state index contributed by atoms with van der Waals surface area (Å²) in [4.78, 5) is 8.72. The van der Waals surface area contributed by atoms with Crippen LogP contribution in [0.5, 0.6) is 5.75 Å². The van der Waals surface area contributed by atoms with E-state index < -0.39 is 0 Å². The molecule has 0 spiro atoms. The summed E-state index contributed by atoms with van der Waals surface area (Å²) in [6, 6.07) is 11.2. The van der Waals surface area contributed by atoms with Crippen molar-refractivity contribution in [3.8, 4) is 17.1 Å². The fourth-order valence-corrected chi connectivity index (χ4v) is 2.07. The van der Waals surface area contributed by atoms with Crippen molar-refractivity contribution in [2.75, 3.05) is 12.4 Å². The number of phenols is 1. The Morgan fingerprint density at radius 1 is 1.10 bits per heavy atom. The number of benzene rings is 2. The van der Waals surface area contributed by atoms with E-state index in [-0.39, 0.29) is 11.6 Å². The first-order chi connectivity index (χ1) is 9.69. The second-order valence-electron chi connectivity index (χ2n) is 4.32. The molecule has 100 valence electrons. The van der Waals surface area contributed by atoms with Crippen LogP contribution in [0, 0.1) is 5.82 Å². The van der Waals surface area contributed by atoms with E-state index in [9.17, 15) is 9.50 Å². The number of anilines is 1. The number of fused-ring (bicyclic) bond motifs is 1. The van der Waals surface area contributed by atoms with Gasteiger partial charge in [0.1, 0.15) is 17.4 Å². The molecule has 0 saturated heterocycles. The SMILES string of the molecule is CNc1nc(-c2ccccc2O)nc2ccc(F)cc12. The summed E-state index contributed by atoms with van der Waals surface area (Å²) in [5.41, 5.74) is 1.15. The molecular weight excluding hydrogens is 257 g/mol. The molecule has 1 heterocycles. The van der Waals surface area contributed by atoms with Gasteiger partial charge in [0.05, 0.1) is 11.1 Å². The third-order valence-electron chi connectivity index (χ3n) is 3.04. The summed E-state index contributed by atoms with van der Waals surface area (Å²) >= 11 is 0. The normalized spacial score (nSPS) is 10.7. The van der Waals surface area contributed by atoms with Gasteiger partial charge in [0.25, 0.3) is 0 Å². The van der Waals surface area contributed by atoms with Crippen molar-refractivity contribution >= 4 is 16.7 Å². The van der Waals surface area contributed by atoms with E-state index in [1.807, 2.05) is 0 Å². The highest BCUT2D eigenvalue weighted by Gasteiger charge is 2.11. The minimum absolute atomic E-state index is 0.107. The molecule has 0 aliphatic rings.